The maximum absolute atomic E-state index is 11.7. The molecular weight excluding hydrogens is 326 g/mol. The number of nitrogens with zero attached hydrogens (tertiary/aromatic N) is 1. The third-order valence-electron chi connectivity index (χ3n) is 4.74. The quantitative estimate of drug-likeness (QED) is 0.293. The predicted octanol–water partition coefficient (Wildman–Crippen LogP) is 4.68. The zero-order valence-electron chi connectivity index (χ0n) is 16.0. The Morgan fingerprint density at radius 1 is 0.783 bits per heavy atom. The lowest BCUT2D eigenvalue weighted by Crippen LogP contribution is -2.50. The topological polar surface area (TPSA) is 26.3 Å². The number of hydrogen-bond donors (Lipinski definition) is 0. The Morgan fingerprint density at radius 2 is 1.22 bits per heavy atom. The molecule has 1 unspecified atom stereocenters. The summed E-state index contributed by atoms with van der Waals surface area (Å²) in [5.74, 6) is 0.526. The monoisotopic (exact) mass is 366 g/mol. The predicted molar refractivity (Wildman–Crippen MR) is 106 cm³/mol. The van der Waals surface area contributed by atoms with Crippen LogP contribution >= 0.6 is 0 Å². The molecule has 0 aromatic rings. The minimum absolute atomic E-state index is 0.526. The molecule has 0 aromatic heterocycles. The van der Waals surface area contributed by atoms with E-state index in [2.05, 4.69) is 20.8 Å². The third kappa shape index (κ3) is 11.5. The molecule has 0 aromatic carbocycles. The summed E-state index contributed by atoms with van der Waals surface area (Å²) < 4.78 is 17.9. The third-order valence-corrected chi connectivity index (χ3v) is 6.94. The lowest BCUT2D eigenvalue weighted by Gasteiger charge is -2.39. The van der Waals surface area contributed by atoms with E-state index in [1.165, 1.54) is 82.7 Å². The van der Waals surface area contributed by atoms with Crippen LogP contribution in [0, 0.1) is 0 Å². The van der Waals surface area contributed by atoms with Crippen LogP contribution in [0.15, 0.2) is 0 Å². The highest BCUT2D eigenvalue weighted by Gasteiger charge is 2.25. The summed E-state index contributed by atoms with van der Waals surface area (Å²) in [5.41, 5.74) is 0. The van der Waals surface area contributed by atoms with E-state index in [0.29, 0.717) is 5.75 Å². The Balaban J connectivity index is 4.45. The summed E-state index contributed by atoms with van der Waals surface area (Å²) >= 11 is 4.94. The highest BCUT2D eigenvalue weighted by atomic mass is 32.8. The molecule has 0 radical (unpaired) electrons. The molecule has 0 fully saturated rings. The molecule has 0 saturated heterocycles. The van der Waals surface area contributed by atoms with Crippen LogP contribution in [0.4, 0.5) is 0 Å². The maximum atomic E-state index is 11.7. The first-order valence-electron chi connectivity index (χ1n) is 9.58. The van der Waals surface area contributed by atoms with Crippen molar-refractivity contribution in [3.8, 4) is 0 Å². The van der Waals surface area contributed by atoms with Gasteiger partial charge in [0.15, 0.2) is 0 Å². The lowest BCUT2D eigenvalue weighted by molar-refractivity contribution is -0.929. The second-order valence-corrected chi connectivity index (χ2v) is 10.2. The first-order chi connectivity index (χ1) is 10.9. The van der Waals surface area contributed by atoms with Gasteiger partial charge in [-0.1, -0.05) is 40.0 Å². The molecule has 0 aliphatic carbocycles. The Kier molecular flexibility index (Phi) is 13.7. The minimum atomic E-state index is -2.45. The van der Waals surface area contributed by atoms with E-state index in [1.54, 1.807) is 0 Å². The summed E-state index contributed by atoms with van der Waals surface area (Å²) in [7, 11) is -0.994. The van der Waals surface area contributed by atoms with Gasteiger partial charge >= 0.3 is 0 Å². The Morgan fingerprint density at radius 3 is 1.61 bits per heavy atom. The van der Waals surface area contributed by atoms with Crippen molar-refractivity contribution in [2.24, 2.45) is 0 Å². The van der Waals surface area contributed by atoms with Gasteiger partial charge in [0.05, 0.1) is 39.0 Å². The number of hydrogen-bond acceptors (Lipinski definition) is 3. The fraction of sp³-hybridized carbons (Fsp3) is 1.00. The van der Waals surface area contributed by atoms with Gasteiger partial charge in [0.2, 0.25) is 0 Å². The number of rotatable bonds is 16. The lowest BCUT2D eigenvalue weighted by atomic mass is 10.1. The van der Waals surface area contributed by atoms with Gasteiger partial charge in [0, 0.05) is 11.2 Å². The molecule has 140 valence electrons. The van der Waals surface area contributed by atoms with Gasteiger partial charge < -0.3 is 4.48 Å². The van der Waals surface area contributed by atoms with E-state index >= 15 is 0 Å². The molecule has 3 nitrogen and oxygen atoms in total. The normalized spacial score (nSPS) is 14.8. The van der Waals surface area contributed by atoms with Crippen LogP contribution in [0.1, 0.15) is 78.6 Å². The van der Waals surface area contributed by atoms with Gasteiger partial charge in [-0.2, -0.15) is 0 Å². The first kappa shape index (κ1) is 23.3. The van der Waals surface area contributed by atoms with E-state index in [9.17, 15) is 4.21 Å². The molecule has 0 saturated carbocycles. The molecular formula is C18H40NO2S2+. The minimum Gasteiger partial charge on any atom is -0.324 e. The van der Waals surface area contributed by atoms with Crippen molar-refractivity contribution in [1.29, 1.82) is 0 Å². The number of unbranched alkanes of at least 4 members (excludes halogenated alkanes) is 5. The number of quaternary nitrogens is 1. The molecule has 1 atom stereocenters. The van der Waals surface area contributed by atoms with Crippen molar-refractivity contribution in [3.63, 3.8) is 0 Å². The summed E-state index contributed by atoms with van der Waals surface area (Å²) in [5, 5.41) is 0. The van der Waals surface area contributed by atoms with Crippen LogP contribution in [-0.4, -0.2) is 47.7 Å². The SMILES string of the molecule is CCCC[N+](CCCC)(CCCC)CCCCCS(=O)(=S)OC. The zero-order chi connectivity index (χ0) is 17.6. The molecule has 0 aliphatic heterocycles. The Labute approximate surface area is 150 Å². The molecule has 23 heavy (non-hydrogen) atoms. The van der Waals surface area contributed by atoms with Crippen molar-refractivity contribution in [3.05, 3.63) is 0 Å². The van der Waals surface area contributed by atoms with E-state index in [-0.39, 0.29) is 0 Å². The van der Waals surface area contributed by atoms with Gasteiger partial charge in [-0.3, -0.25) is 4.18 Å². The van der Waals surface area contributed by atoms with Crippen LogP contribution in [0.25, 0.3) is 0 Å². The average Bonchev–Trinajstić information content (AvgIpc) is 2.55. The smallest absolute Gasteiger partial charge is 0.143 e. The van der Waals surface area contributed by atoms with E-state index < -0.39 is 8.77 Å². The molecule has 0 amide bonds. The zero-order valence-corrected chi connectivity index (χ0v) is 17.6. The molecule has 0 spiro atoms. The van der Waals surface area contributed by atoms with Gasteiger partial charge in [-0.15, -0.1) is 0 Å². The van der Waals surface area contributed by atoms with Crippen LogP contribution in [0.2, 0.25) is 0 Å². The van der Waals surface area contributed by atoms with E-state index in [0.717, 1.165) is 12.8 Å². The summed E-state index contributed by atoms with van der Waals surface area (Å²) in [4.78, 5) is 0. The Hall–Kier alpha value is 0.290. The van der Waals surface area contributed by atoms with Gasteiger partial charge in [-0.25, -0.2) is 4.21 Å². The van der Waals surface area contributed by atoms with Crippen LogP contribution < -0.4 is 0 Å². The van der Waals surface area contributed by atoms with Gasteiger partial charge in [0.25, 0.3) is 0 Å². The highest BCUT2D eigenvalue weighted by molar-refractivity contribution is 8.30. The molecule has 0 bridgehead atoms. The van der Waals surface area contributed by atoms with E-state index in [1.807, 2.05) is 0 Å². The summed E-state index contributed by atoms with van der Waals surface area (Å²) in [6, 6.07) is 0. The van der Waals surface area contributed by atoms with Gasteiger partial charge in [0.1, 0.15) is 8.77 Å². The Bertz CT molecular complexity index is 347. The fourth-order valence-electron chi connectivity index (χ4n) is 3.14. The van der Waals surface area contributed by atoms with Crippen LogP contribution in [0.3, 0.4) is 0 Å². The second kappa shape index (κ2) is 13.6. The van der Waals surface area contributed by atoms with Crippen molar-refractivity contribution < 1.29 is 12.9 Å². The van der Waals surface area contributed by atoms with Crippen molar-refractivity contribution >= 4 is 20.0 Å². The highest BCUT2D eigenvalue weighted by Crippen LogP contribution is 2.17. The van der Waals surface area contributed by atoms with E-state index in [4.69, 9.17) is 15.4 Å². The molecule has 0 N–H and O–H groups in total. The summed E-state index contributed by atoms with van der Waals surface area (Å²) in [6.45, 7) is 12.1. The van der Waals surface area contributed by atoms with Crippen LogP contribution in [0.5, 0.6) is 0 Å². The van der Waals surface area contributed by atoms with Crippen molar-refractivity contribution in [2.45, 2.75) is 78.6 Å². The molecule has 0 heterocycles. The molecule has 0 aliphatic rings. The fourth-order valence-corrected chi connectivity index (χ4v) is 4.22. The largest absolute Gasteiger partial charge is 0.324 e. The van der Waals surface area contributed by atoms with Crippen molar-refractivity contribution in [2.75, 3.05) is 39.0 Å². The molecule has 0 rings (SSSR count). The van der Waals surface area contributed by atoms with Crippen LogP contribution in [-0.2, 0) is 24.1 Å². The molecule has 5 heteroatoms. The average molecular weight is 367 g/mol. The standard InChI is InChI=1S/C18H40NO2S2/c1-5-8-14-19(15-9-6-2,16-10-7-3)17-12-11-13-18-23(20,22)21-4/h5-18H2,1-4H3/q+1. The second-order valence-electron chi connectivity index (χ2n) is 6.79. The van der Waals surface area contributed by atoms with Gasteiger partial charge in [-0.05, 0) is 38.5 Å². The first-order valence-corrected chi connectivity index (χ1v) is 12.2. The van der Waals surface area contributed by atoms with Crippen molar-refractivity contribution in [1.82, 2.24) is 0 Å². The maximum Gasteiger partial charge on any atom is 0.143 e. The summed E-state index contributed by atoms with van der Waals surface area (Å²) in [6.07, 6.45) is 11.1.